The van der Waals surface area contributed by atoms with Crippen molar-refractivity contribution in [3.05, 3.63) is 68.7 Å². The van der Waals surface area contributed by atoms with E-state index in [1.54, 1.807) is 50.4 Å². The third-order valence-corrected chi connectivity index (χ3v) is 5.34. The number of amides is 2. The molecule has 1 fully saturated rings. The van der Waals surface area contributed by atoms with Crippen LogP contribution in [0, 0.1) is 12.3 Å². The first-order valence-corrected chi connectivity index (χ1v) is 13.4. The van der Waals surface area contributed by atoms with Gasteiger partial charge in [0.1, 0.15) is 0 Å². The predicted octanol–water partition coefficient (Wildman–Crippen LogP) is 6.21. The molecule has 11 heteroatoms. The Labute approximate surface area is 241 Å². The largest absolute Gasteiger partial charge is 0.400 e. The number of rotatable bonds is 7. The molecule has 2 aromatic carbocycles. The van der Waals surface area contributed by atoms with Gasteiger partial charge in [-0.1, -0.05) is 43.1 Å². The van der Waals surface area contributed by atoms with Crippen LogP contribution in [0.25, 0.3) is 0 Å². The van der Waals surface area contributed by atoms with Gasteiger partial charge in [0.15, 0.2) is 0 Å². The summed E-state index contributed by atoms with van der Waals surface area (Å²) in [5.41, 5.74) is 8.42. The zero-order valence-corrected chi connectivity index (χ0v) is 25.4. The summed E-state index contributed by atoms with van der Waals surface area (Å²) in [6.45, 7) is 8.91. The summed E-state index contributed by atoms with van der Waals surface area (Å²) in [6, 6.07) is 10.3. The molecule has 4 N–H and O–H groups in total. The second kappa shape index (κ2) is 21.7. The molecule has 3 rings (SSSR count). The second-order valence-corrected chi connectivity index (χ2v) is 8.05. The van der Waals surface area contributed by atoms with E-state index in [1.807, 2.05) is 20.8 Å². The molecule has 1 atom stereocenters. The van der Waals surface area contributed by atoms with E-state index in [0.717, 1.165) is 18.2 Å². The Morgan fingerprint density at radius 2 is 1.71 bits per heavy atom. The number of halogens is 3. The van der Waals surface area contributed by atoms with Crippen LogP contribution >= 0.6 is 34.8 Å². The number of nitrogens with zero attached hydrogens (tertiary/aromatic N) is 1. The fourth-order valence-electron chi connectivity index (χ4n) is 3.24. The number of aliphatic hydroxyl groups is 1. The van der Waals surface area contributed by atoms with Gasteiger partial charge < -0.3 is 21.0 Å². The number of aryl methyl sites for hydroxylation is 1. The third kappa shape index (κ3) is 13.0. The molecule has 8 nitrogen and oxygen atoms in total. The third-order valence-electron chi connectivity index (χ3n) is 4.90. The number of nitrogens with two attached hydrogens (primary N) is 1. The lowest BCUT2D eigenvalue weighted by molar-refractivity contribution is -0.160. The summed E-state index contributed by atoms with van der Waals surface area (Å²) in [5, 5.41) is 17.8. The minimum absolute atomic E-state index is 0.104. The van der Waals surface area contributed by atoms with Gasteiger partial charge in [0.25, 0.3) is 0 Å². The molecule has 0 radical (unpaired) electrons. The van der Waals surface area contributed by atoms with Gasteiger partial charge in [-0.15, -0.1) is 11.6 Å². The Morgan fingerprint density at radius 1 is 1.16 bits per heavy atom. The first kappa shape index (κ1) is 37.9. The van der Waals surface area contributed by atoms with E-state index < -0.39 is 5.91 Å². The zero-order chi connectivity index (χ0) is 29.8. The maximum absolute atomic E-state index is 11.3. The Balaban J connectivity index is 0. The van der Waals surface area contributed by atoms with E-state index in [9.17, 15) is 9.59 Å². The molecule has 214 valence electrons. The molecule has 0 spiro atoms. The van der Waals surface area contributed by atoms with Crippen molar-refractivity contribution in [3.63, 3.8) is 0 Å². The first-order valence-electron chi connectivity index (χ1n) is 11.9. The highest BCUT2D eigenvalue weighted by atomic mass is 35.5. The van der Waals surface area contributed by atoms with Crippen molar-refractivity contribution in [2.45, 2.75) is 46.6 Å². The van der Waals surface area contributed by atoms with Crippen LogP contribution < -0.4 is 5.73 Å². The lowest BCUT2D eigenvalue weighted by Crippen LogP contribution is -2.22. The molecule has 0 aromatic heterocycles. The number of methoxy groups -OCH3 is 1. The molecule has 1 unspecified atom stereocenters. The molecule has 1 aliphatic rings. The van der Waals surface area contributed by atoms with Crippen LogP contribution in [0.2, 0.25) is 10.0 Å². The molecule has 0 bridgehead atoms. The molecular weight excluding hydrogens is 553 g/mol. The van der Waals surface area contributed by atoms with Crippen molar-refractivity contribution >= 4 is 52.3 Å². The van der Waals surface area contributed by atoms with Gasteiger partial charge in [0.05, 0.1) is 19.1 Å². The Hall–Kier alpha value is -2.20. The van der Waals surface area contributed by atoms with Gasteiger partial charge in [-0.25, -0.2) is 5.06 Å². The number of nitrogens with one attached hydrogen (secondary N) is 1. The fraction of sp³-hybridized carbons (Fsp3) is 0.444. The second-order valence-electron chi connectivity index (χ2n) is 7.18. The summed E-state index contributed by atoms with van der Waals surface area (Å²) in [7, 11) is 2.58. The maximum Gasteiger partial charge on any atom is 0.248 e. The summed E-state index contributed by atoms with van der Waals surface area (Å²) >= 11 is 16.7. The van der Waals surface area contributed by atoms with Gasteiger partial charge in [0.2, 0.25) is 11.8 Å². The van der Waals surface area contributed by atoms with Gasteiger partial charge in [-0.2, -0.15) is 0 Å². The van der Waals surface area contributed by atoms with Gasteiger partial charge in [-0.05, 0) is 60.9 Å². The van der Waals surface area contributed by atoms with Gasteiger partial charge in [-0.3, -0.25) is 14.4 Å². The van der Waals surface area contributed by atoms with Crippen LogP contribution in [0.15, 0.2) is 36.4 Å². The quantitative estimate of drug-likeness (QED) is 0.260. The standard InChI is InChI=1S/C18H18Cl2N2O2.C5H9NO2.C2H6.CH3Cl.CH4O/c1-10-5-11(3-4-15(10)18(22)23)16(21)9-17(24-2)12-6-13(19)8-14(20)7-12;1-2-6-5(7)3-4-8-6;3*1-2/h3-8,17,21H,9H2,1-2H3,(H2,22,23);2-4H2,1H3;1-2H3;1H3;2H,1H3. The molecule has 2 aromatic rings. The van der Waals surface area contributed by atoms with Crippen LogP contribution in [0.5, 0.6) is 0 Å². The van der Waals surface area contributed by atoms with Gasteiger partial charge >= 0.3 is 0 Å². The normalized spacial score (nSPS) is 12.3. The first-order chi connectivity index (χ1) is 18.2. The van der Waals surface area contributed by atoms with Crippen LogP contribution in [0.4, 0.5) is 0 Å². The molecule has 1 heterocycles. The van der Waals surface area contributed by atoms with E-state index in [0.29, 0.717) is 52.9 Å². The molecule has 1 saturated heterocycles. The van der Waals surface area contributed by atoms with Crippen molar-refractivity contribution in [2.75, 3.05) is 33.8 Å². The minimum Gasteiger partial charge on any atom is -0.400 e. The lowest BCUT2D eigenvalue weighted by Gasteiger charge is -2.17. The topological polar surface area (TPSA) is 126 Å². The number of aliphatic hydroxyl groups excluding tert-OH is 1. The predicted molar refractivity (Wildman–Crippen MR) is 157 cm³/mol. The van der Waals surface area contributed by atoms with E-state index in [4.69, 9.17) is 49.0 Å². The Morgan fingerprint density at radius 3 is 2.08 bits per heavy atom. The summed E-state index contributed by atoms with van der Waals surface area (Å²) < 4.78 is 5.50. The SMILES string of the molecule is CC.CCN1OCCC1=O.CCl.CO.COC(CC(=N)c1ccc(C(N)=O)c(C)c1)c1cc(Cl)cc(Cl)c1. The van der Waals surface area contributed by atoms with Crippen molar-refractivity contribution in [1.82, 2.24) is 5.06 Å². The van der Waals surface area contributed by atoms with Crippen LogP contribution in [0.3, 0.4) is 0 Å². The Bertz CT molecular complexity index is 986. The number of primary amides is 1. The highest BCUT2D eigenvalue weighted by Crippen LogP contribution is 2.28. The number of benzene rings is 2. The number of alkyl halides is 1. The molecule has 2 amide bonds. The van der Waals surface area contributed by atoms with Crippen LogP contribution in [0.1, 0.15) is 66.8 Å². The average Bonchev–Trinajstić information content (AvgIpc) is 3.34. The van der Waals surface area contributed by atoms with Crippen molar-refractivity contribution < 1.29 is 24.3 Å². The van der Waals surface area contributed by atoms with Crippen molar-refractivity contribution in [1.29, 1.82) is 5.41 Å². The molecule has 0 saturated carbocycles. The summed E-state index contributed by atoms with van der Waals surface area (Å²) in [6.07, 6.45) is 2.03. The van der Waals surface area contributed by atoms with E-state index in [-0.39, 0.29) is 12.0 Å². The zero-order valence-electron chi connectivity index (χ0n) is 23.1. The molecule has 38 heavy (non-hydrogen) atoms. The maximum atomic E-state index is 11.3. The average molecular weight is 593 g/mol. The van der Waals surface area contributed by atoms with Gasteiger partial charge in [0, 0.05) is 54.9 Å². The van der Waals surface area contributed by atoms with Crippen molar-refractivity contribution in [3.8, 4) is 0 Å². The highest BCUT2D eigenvalue weighted by Gasteiger charge is 2.19. The van der Waals surface area contributed by atoms with E-state index >= 15 is 0 Å². The monoisotopic (exact) mass is 591 g/mol. The summed E-state index contributed by atoms with van der Waals surface area (Å²) in [5.74, 6) is -0.374. The number of hydrogen-bond donors (Lipinski definition) is 3. The number of carbonyl (C=O) groups excluding carboxylic acids is 2. The minimum atomic E-state index is -0.478. The molecule has 1 aliphatic heterocycles. The van der Waals surface area contributed by atoms with E-state index in [1.165, 1.54) is 11.4 Å². The van der Waals surface area contributed by atoms with Crippen LogP contribution in [-0.2, 0) is 14.4 Å². The van der Waals surface area contributed by atoms with Crippen LogP contribution in [-0.4, -0.2) is 61.4 Å². The number of carbonyl (C=O) groups is 2. The number of hydrogen-bond acceptors (Lipinski definition) is 6. The number of hydroxylamine groups is 2. The Kier molecular flexibility index (Phi) is 21.7. The molecular formula is C27H40Cl3N3O5. The van der Waals surface area contributed by atoms with Crippen molar-refractivity contribution in [2.24, 2.45) is 5.73 Å². The lowest BCUT2D eigenvalue weighted by atomic mass is 9.96. The fourth-order valence-corrected chi connectivity index (χ4v) is 3.78. The molecule has 0 aliphatic carbocycles. The smallest absolute Gasteiger partial charge is 0.248 e. The summed E-state index contributed by atoms with van der Waals surface area (Å²) in [4.78, 5) is 26.8. The van der Waals surface area contributed by atoms with E-state index in [2.05, 4.69) is 11.6 Å². The number of ether oxygens (including phenoxy) is 1. The highest BCUT2D eigenvalue weighted by molar-refractivity contribution is 6.34.